The highest BCUT2D eigenvalue weighted by Crippen LogP contribution is 2.22. The molecule has 1 fully saturated rings. The van der Waals surface area contributed by atoms with Crippen molar-refractivity contribution in [2.75, 3.05) is 39.3 Å². The first-order valence-electron chi connectivity index (χ1n) is 17.6. The number of carbonyl (C=O) groups excluding carboxylic acids is 3. The highest BCUT2D eigenvalue weighted by atomic mass is 16.5. The molecule has 0 N–H and O–H groups in total. The zero-order valence-corrected chi connectivity index (χ0v) is 27.4. The number of amides is 1. The molecule has 0 aliphatic carbocycles. The minimum atomic E-state index is -0.0398. The summed E-state index contributed by atoms with van der Waals surface area (Å²) in [4.78, 5) is 40.7. The minimum absolute atomic E-state index is 0.0398. The maximum absolute atomic E-state index is 13.0. The molecule has 6 nitrogen and oxygen atoms in total. The molecule has 240 valence electrons. The quantitative estimate of drug-likeness (QED) is 0.0688. The number of ether oxygens (including phenoxy) is 1. The third-order valence-corrected chi connectivity index (χ3v) is 8.63. The van der Waals surface area contributed by atoms with Crippen molar-refractivity contribution in [2.45, 2.75) is 162 Å². The van der Waals surface area contributed by atoms with Gasteiger partial charge in [-0.3, -0.25) is 14.5 Å². The number of hydrogen-bond acceptors (Lipinski definition) is 5. The van der Waals surface area contributed by atoms with Crippen molar-refractivity contribution in [3.05, 3.63) is 0 Å². The van der Waals surface area contributed by atoms with Gasteiger partial charge in [0, 0.05) is 25.9 Å². The number of Topliss-reactive ketones (excluding diaryl/α,β-unsaturated/α-hetero) is 1. The first kappa shape index (κ1) is 37.6. The average Bonchev–Trinajstić information content (AvgIpc) is 3.46. The maximum atomic E-state index is 13.0. The van der Waals surface area contributed by atoms with E-state index in [9.17, 15) is 14.4 Å². The van der Waals surface area contributed by atoms with E-state index in [1.54, 1.807) is 6.92 Å². The summed E-state index contributed by atoms with van der Waals surface area (Å²) in [5.74, 6) is 1.26. The second-order valence-electron chi connectivity index (χ2n) is 12.6. The Balaban J connectivity index is 2.17. The van der Waals surface area contributed by atoms with Crippen molar-refractivity contribution < 1.29 is 19.1 Å². The van der Waals surface area contributed by atoms with Crippen molar-refractivity contribution >= 4 is 17.7 Å². The smallest absolute Gasteiger partial charge is 0.305 e. The molecule has 1 aliphatic rings. The van der Waals surface area contributed by atoms with Crippen LogP contribution >= 0.6 is 0 Å². The second-order valence-corrected chi connectivity index (χ2v) is 12.6. The van der Waals surface area contributed by atoms with Gasteiger partial charge in [0.2, 0.25) is 5.91 Å². The fourth-order valence-electron chi connectivity index (χ4n) is 5.98. The van der Waals surface area contributed by atoms with Crippen molar-refractivity contribution in [2.24, 2.45) is 5.92 Å². The van der Waals surface area contributed by atoms with Crippen molar-refractivity contribution in [1.29, 1.82) is 0 Å². The van der Waals surface area contributed by atoms with Gasteiger partial charge in [-0.15, -0.1) is 0 Å². The molecule has 0 atom stereocenters. The molecule has 0 aromatic carbocycles. The highest BCUT2D eigenvalue weighted by molar-refractivity contribution is 5.78. The van der Waals surface area contributed by atoms with Crippen LogP contribution in [0.1, 0.15) is 162 Å². The second kappa shape index (κ2) is 26.2. The van der Waals surface area contributed by atoms with Crippen LogP contribution in [0.3, 0.4) is 0 Å². The van der Waals surface area contributed by atoms with E-state index in [0.29, 0.717) is 26.0 Å². The lowest BCUT2D eigenvalue weighted by molar-refractivity contribution is -0.144. The van der Waals surface area contributed by atoms with E-state index in [4.69, 9.17) is 4.74 Å². The Bertz CT molecular complexity index is 653. The van der Waals surface area contributed by atoms with E-state index in [-0.39, 0.29) is 17.7 Å². The Labute approximate surface area is 253 Å². The number of carbonyl (C=O) groups is 3. The fourth-order valence-corrected chi connectivity index (χ4v) is 5.98. The van der Waals surface area contributed by atoms with Crippen LogP contribution in [0.5, 0.6) is 0 Å². The average molecular weight is 579 g/mol. The Morgan fingerprint density at radius 3 is 1.83 bits per heavy atom. The molecule has 0 aromatic rings. The number of esters is 1. The van der Waals surface area contributed by atoms with Crippen LogP contribution in [0.2, 0.25) is 0 Å². The maximum Gasteiger partial charge on any atom is 0.305 e. The van der Waals surface area contributed by atoms with E-state index in [2.05, 4.69) is 23.6 Å². The molecule has 1 saturated heterocycles. The lowest BCUT2D eigenvalue weighted by Gasteiger charge is -2.25. The van der Waals surface area contributed by atoms with Crippen LogP contribution in [0.25, 0.3) is 0 Å². The van der Waals surface area contributed by atoms with Gasteiger partial charge in [0.1, 0.15) is 5.78 Å². The van der Waals surface area contributed by atoms with Crippen LogP contribution < -0.4 is 0 Å². The third kappa shape index (κ3) is 21.9. The van der Waals surface area contributed by atoms with Crippen LogP contribution in [0.15, 0.2) is 0 Å². The van der Waals surface area contributed by atoms with Crippen molar-refractivity contribution in [3.63, 3.8) is 0 Å². The topological polar surface area (TPSA) is 66.9 Å². The van der Waals surface area contributed by atoms with Gasteiger partial charge in [0.15, 0.2) is 0 Å². The lowest BCUT2D eigenvalue weighted by atomic mass is 9.91. The summed E-state index contributed by atoms with van der Waals surface area (Å²) in [5, 5.41) is 0. The minimum Gasteiger partial charge on any atom is -0.466 e. The van der Waals surface area contributed by atoms with Gasteiger partial charge in [-0.1, -0.05) is 90.9 Å². The van der Waals surface area contributed by atoms with Crippen LogP contribution in [0, 0.1) is 5.92 Å². The Kier molecular flexibility index (Phi) is 24.0. The summed E-state index contributed by atoms with van der Waals surface area (Å²) in [6.07, 6.45) is 24.3. The van der Waals surface area contributed by atoms with Gasteiger partial charge < -0.3 is 14.4 Å². The van der Waals surface area contributed by atoms with Gasteiger partial charge in [-0.25, -0.2) is 0 Å². The van der Waals surface area contributed by atoms with E-state index < -0.39 is 0 Å². The lowest BCUT2D eigenvalue weighted by Crippen LogP contribution is -2.40. The molecule has 0 aromatic heterocycles. The van der Waals surface area contributed by atoms with E-state index >= 15 is 0 Å². The summed E-state index contributed by atoms with van der Waals surface area (Å²) < 4.78 is 5.55. The summed E-state index contributed by atoms with van der Waals surface area (Å²) in [6, 6.07) is 0. The molecule has 0 radical (unpaired) electrons. The van der Waals surface area contributed by atoms with E-state index in [1.807, 2.05) is 0 Å². The van der Waals surface area contributed by atoms with E-state index in [1.165, 1.54) is 70.6 Å². The molecule has 0 saturated carbocycles. The summed E-state index contributed by atoms with van der Waals surface area (Å²) >= 11 is 0. The largest absolute Gasteiger partial charge is 0.466 e. The summed E-state index contributed by atoms with van der Waals surface area (Å²) in [6.45, 7) is 11.0. The highest BCUT2D eigenvalue weighted by Gasteiger charge is 2.19. The Morgan fingerprint density at radius 1 is 0.683 bits per heavy atom. The first-order valence-corrected chi connectivity index (χ1v) is 17.6. The molecule has 0 unspecified atom stereocenters. The molecule has 1 heterocycles. The number of nitrogens with zero attached hydrogens (tertiary/aromatic N) is 2. The number of unbranched alkanes of at least 4 members (excludes halogenated alkanes) is 10. The van der Waals surface area contributed by atoms with Crippen LogP contribution in [0.4, 0.5) is 0 Å². The predicted octanol–water partition coefficient (Wildman–Crippen LogP) is 8.50. The molecule has 1 aliphatic heterocycles. The zero-order chi connectivity index (χ0) is 30.0. The molecular formula is C35H66N2O4. The molecule has 6 heteroatoms. The van der Waals surface area contributed by atoms with Crippen LogP contribution in [-0.2, 0) is 19.1 Å². The van der Waals surface area contributed by atoms with Gasteiger partial charge in [0.05, 0.1) is 13.2 Å². The zero-order valence-electron chi connectivity index (χ0n) is 27.4. The summed E-state index contributed by atoms with van der Waals surface area (Å²) in [5.41, 5.74) is 0. The molecular weight excluding hydrogens is 512 g/mol. The molecule has 0 spiro atoms. The number of likely N-dealkylation sites (tertiary alicyclic amines) is 1. The normalized spacial score (nSPS) is 13.7. The SMILES string of the molecule is CCCCCC(CCCCC)CCCOC(=O)CCCCCCCN(CCCCCC(C)=O)C(=O)CN1CCCC1. The third-order valence-electron chi connectivity index (χ3n) is 8.63. The summed E-state index contributed by atoms with van der Waals surface area (Å²) in [7, 11) is 0. The van der Waals surface area contributed by atoms with Gasteiger partial charge in [-0.2, -0.15) is 0 Å². The van der Waals surface area contributed by atoms with Gasteiger partial charge in [-0.05, 0) is 77.3 Å². The van der Waals surface area contributed by atoms with Crippen molar-refractivity contribution in [3.8, 4) is 0 Å². The standard InChI is InChI=1S/C35H66N2O4/c1-4-6-12-22-33(23-13-7-5-2)24-20-30-41-35(40)25-15-9-8-10-16-28-37(29-17-11-14-21-32(3)38)34(39)31-36-26-18-19-27-36/h33H,4-31H2,1-3H3. The molecule has 1 rings (SSSR count). The fraction of sp³-hybridized carbons (Fsp3) is 0.914. The molecule has 41 heavy (non-hydrogen) atoms. The molecule has 1 amide bonds. The number of hydrogen-bond donors (Lipinski definition) is 0. The molecule has 0 bridgehead atoms. The van der Waals surface area contributed by atoms with Crippen molar-refractivity contribution in [1.82, 2.24) is 9.80 Å². The Morgan fingerprint density at radius 2 is 1.22 bits per heavy atom. The first-order chi connectivity index (χ1) is 20.0. The number of rotatable bonds is 28. The van der Waals surface area contributed by atoms with Crippen LogP contribution in [-0.4, -0.2) is 66.8 Å². The van der Waals surface area contributed by atoms with Gasteiger partial charge in [0.25, 0.3) is 0 Å². The monoisotopic (exact) mass is 579 g/mol. The Hall–Kier alpha value is -1.43. The van der Waals surface area contributed by atoms with Gasteiger partial charge >= 0.3 is 5.97 Å². The van der Waals surface area contributed by atoms with E-state index in [0.717, 1.165) is 89.9 Å². The predicted molar refractivity (Wildman–Crippen MR) is 171 cm³/mol. The number of ketones is 1.